The van der Waals surface area contributed by atoms with E-state index in [1.165, 1.54) is 0 Å². The molecule has 0 aromatic rings. The molecule has 2 rings (SSSR count). The molecular weight excluding hydrogens is 206 g/mol. The van der Waals surface area contributed by atoms with Gasteiger partial charge in [-0.2, -0.15) is 0 Å². The quantitative estimate of drug-likeness (QED) is 0.692. The maximum Gasteiger partial charge on any atom is 0.239 e. The number of rotatable bonds is 2. The van der Waals surface area contributed by atoms with Crippen molar-refractivity contribution in [3.8, 4) is 0 Å². The zero-order valence-corrected chi connectivity index (χ0v) is 9.69. The molecule has 5 heteroatoms. The van der Waals surface area contributed by atoms with Gasteiger partial charge in [-0.15, -0.1) is 0 Å². The largest absolute Gasteiger partial charge is 0.338 e. The molecule has 0 aliphatic carbocycles. The molecule has 0 aromatic heterocycles. The lowest BCUT2D eigenvalue weighted by molar-refractivity contribution is -0.139. The van der Waals surface area contributed by atoms with Gasteiger partial charge in [-0.1, -0.05) is 6.92 Å². The number of amides is 2. The Hall–Kier alpha value is -1.10. The Balaban J connectivity index is 1.96. The molecule has 2 N–H and O–H groups in total. The number of hydrogen-bond donors (Lipinski definition) is 1. The minimum absolute atomic E-state index is 0.0292. The van der Waals surface area contributed by atoms with Crippen LogP contribution in [0.15, 0.2) is 0 Å². The lowest BCUT2D eigenvalue weighted by atomic mass is 10.1. The van der Waals surface area contributed by atoms with E-state index in [9.17, 15) is 9.59 Å². The first-order chi connectivity index (χ1) is 7.63. The summed E-state index contributed by atoms with van der Waals surface area (Å²) in [7, 11) is 0. The Morgan fingerprint density at radius 3 is 3.00 bits per heavy atom. The first-order valence-electron chi connectivity index (χ1n) is 5.97. The second-order valence-electron chi connectivity index (χ2n) is 4.58. The van der Waals surface area contributed by atoms with Gasteiger partial charge in [0.1, 0.15) is 0 Å². The zero-order valence-electron chi connectivity index (χ0n) is 9.69. The molecular formula is C11H19N3O2. The molecule has 0 aromatic carbocycles. The van der Waals surface area contributed by atoms with Crippen molar-refractivity contribution in [2.45, 2.75) is 38.3 Å². The van der Waals surface area contributed by atoms with Crippen LogP contribution in [0.5, 0.6) is 0 Å². The van der Waals surface area contributed by atoms with Crippen LogP contribution in [0.25, 0.3) is 0 Å². The lowest BCUT2D eigenvalue weighted by Gasteiger charge is -2.38. The smallest absolute Gasteiger partial charge is 0.239 e. The van der Waals surface area contributed by atoms with E-state index >= 15 is 0 Å². The molecule has 1 unspecified atom stereocenters. The summed E-state index contributed by atoms with van der Waals surface area (Å²) in [5.74, 6) is 0.262. The van der Waals surface area contributed by atoms with E-state index < -0.39 is 0 Å². The third kappa shape index (κ3) is 1.91. The van der Waals surface area contributed by atoms with Crippen molar-refractivity contribution in [3.63, 3.8) is 0 Å². The van der Waals surface area contributed by atoms with Crippen LogP contribution in [-0.2, 0) is 9.59 Å². The van der Waals surface area contributed by atoms with Gasteiger partial charge in [0.25, 0.3) is 0 Å². The fourth-order valence-corrected chi connectivity index (χ4v) is 2.47. The van der Waals surface area contributed by atoms with E-state index in [0.29, 0.717) is 32.5 Å². The predicted octanol–water partition coefficient (Wildman–Crippen LogP) is -0.443. The van der Waals surface area contributed by atoms with Crippen LogP contribution < -0.4 is 5.73 Å². The van der Waals surface area contributed by atoms with E-state index in [-0.39, 0.29) is 23.9 Å². The molecule has 2 atom stereocenters. The van der Waals surface area contributed by atoms with E-state index in [0.717, 1.165) is 6.42 Å². The summed E-state index contributed by atoms with van der Waals surface area (Å²) in [6.07, 6.45) is 2.18. The van der Waals surface area contributed by atoms with Gasteiger partial charge in [-0.3, -0.25) is 9.59 Å². The highest BCUT2D eigenvalue weighted by atomic mass is 16.2. The van der Waals surface area contributed by atoms with Crippen molar-refractivity contribution in [2.75, 3.05) is 19.6 Å². The molecule has 2 heterocycles. The molecule has 2 saturated heterocycles. The number of nitrogens with zero attached hydrogens (tertiary/aromatic N) is 2. The van der Waals surface area contributed by atoms with Crippen LogP contribution in [0, 0.1) is 0 Å². The zero-order chi connectivity index (χ0) is 11.7. The molecule has 0 saturated carbocycles. The first kappa shape index (κ1) is 11.4. The maximum absolute atomic E-state index is 11.9. The molecule has 5 nitrogen and oxygen atoms in total. The minimum atomic E-state index is -0.386. The number of carbonyl (C=O) groups excluding carboxylic acids is 2. The van der Waals surface area contributed by atoms with Crippen molar-refractivity contribution in [1.29, 1.82) is 0 Å². The van der Waals surface area contributed by atoms with Gasteiger partial charge in [0.2, 0.25) is 11.8 Å². The van der Waals surface area contributed by atoms with Crippen molar-refractivity contribution in [3.05, 3.63) is 0 Å². The number of nitrogens with two attached hydrogens (primary N) is 1. The minimum Gasteiger partial charge on any atom is -0.338 e. The van der Waals surface area contributed by atoms with Crippen molar-refractivity contribution >= 4 is 11.8 Å². The Morgan fingerprint density at radius 1 is 1.56 bits per heavy atom. The number of carbonyl (C=O) groups is 2. The average Bonchev–Trinajstić information content (AvgIpc) is 2.68. The third-order valence-corrected chi connectivity index (χ3v) is 3.56. The summed E-state index contributed by atoms with van der Waals surface area (Å²) in [6, 6.07) is -0.155. The summed E-state index contributed by atoms with van der Waals surface area (Å²) in [6.45, 7) is 3.89. The topological polar surface area (TPSA) is 66.6 Å². The highest BCUT2D eigenvalue weighted by Gasteiger charge is 2.37. The molecule has 16 heavy (non-hydrogen) atoms. The number of fused-ring (bicyclic) bond motifs is 1. The molecule has 2 amide bonds. The van der Waals surface area contributed by atoms with Crippen LogP contribution in [0.3, 0.4) is 0 Å². The second-order valence-corrected chi connectivity index (χ2v) is 4.58. The van der Waals surface area contributed by atoms with Crippen LogP contribution >= 0.6 is 0 Å². The van der Waals surface area contributed by atoms with Crippen LogP contribution in [0.2, 0.25) is 0 Å². The highest BCUT2D eigenvalue weighted by molar-refractivity contribution is 5.83. The summed E-state index contributed by atoms with van der Waals surface area (Å²) < 4.78 is 0. The summed E-state index contributed by atoms with van der Waals surface area (Å²) in [4.78, 5) is 27.1. The van der Waals surface area contributed by atoms with Crippen LogP contribution in [-0.4, -0.2) is 53.3 Å². The predicted molar refractivity (Wildman–Crippen MR) is 59.6 cm³/mol. The molecule has 2 aliphatic heterocycles. The highest BCUT2D eigenvalue weighted by Crippen LogP contribution is 2.23. The number of piperazine rings is 1. The molecule has 0 bridgehead atoms. The van der Waals surface area contributed by atoms with Gasteiger partial charge < -0.3 is 15.5 Å². The van der Waals surface area contributed by atoms with Gasteiger partial charge in [0.15, 0.2) is 0 Å². The van der Waals surface area contributed by atoms with E-state index in [1.54, 1.807) is 0 Å². The van der Waals surface area contributed by atoms with E-state index in [2.05, 4.69) is 0 Å². The number of hydrogen-bond acceptors (Lipinski definition) is 3. The third-order valence-electron chi connectivity index (χ3n) is 3.56. The van der Waals surface area contributed by atoms with Crippen molar-refractivity contribution < 1.29 is 9.59 Å². The fourth-order valence-electron chi connectivity index (χ4n) is 2.47. The molecule has 90 valence electrons. The summed E-state index contributed by atoms with van der Waals surface area (Å²) in [5, 5.41) is 0. The van der Waals surface area contributed by atoms with E-state index in [4.69, 9.17) is 5.73 Å². The summed E-state index contributed by atoms with van der Waals surface area (Å²) >= 11 is 0. The second kappa shape index (κ2) is 4.41. The molecule has 2 aliphatic rings. The Kier molecular flexibility index (Phi) is 3.14. The summed E-state index contributed by atoms with van der Waals surface area (Å²) in [5.41, 5.74) is 5.74. The Bertz CT molecular complexity index is 306. The van der Waals surface area contributed by atoms with Crippen LogP contribution in [0.1, 0.15) is 26.2 Å². The average molecular weight is 225 g/mol. The van der Waals surface area contributed by atoms with Crippen LogP contribution in [0.4, 0.5) is 0 Å². The molecule has 2 fully saturated rings. The van der Waals surface area contributed by atoms with Gasteiger partial charge in [0, 0.05) is 32.1 Å². The maximum atomic E-state index is 11.9. The fraction of sp³-hybridized carbons (Fsp3) is 0.818. The van der Waals surface area contributed by atoms with Gasteiger partial charge >= 0.3 is 0 Å². The Labute approximate surface area is 95.6 Å². The monoisotopic (exact) mass is 225 g/mol. The van der Waals surface area contributed by atoms with Gasteiger partial charge in [0.05, 0.1) is 6.04 Å². The SMILES string of the molecule is CC[C@H](N)C(=O)N1CCN2C(=O)CCC2C1. The Morgan fingerprint density at radius 2 is 2.31 bits per heavy atom. The first-order valence-corrected chi connectivity index (χ1v) is 5.97. The lowest BCUT2D eigenvalue weighted by Crippen LogP contribution is -2.56. The van der Waals surface area contributed by atoms with E-state index in [1.807, 2.05) is 16.7 Å². The van der Waals surface area contributed by atoms with Gasteiger partial charge in [-0.25, -0.2) is 0 Å². The van der Waals surface area contributed by atoms with Crippen molar-refractivity contribution in [1.82, 2.24) is 9.80 Å². The standard InChI is InChI=1S/C11H19N3O2/c1-2-9(12)11(16)13-5-6-14-8(7-13)3-4-10(14)15/h8-9H,2-7,12H2,1H3/t8?,9-/m0/s1. The normalized spacial score (nSPS) is 26.9. The molecule has 0 radical (unpaired) electrons. The van der Waals surface area contributed by atoms with Gasteiger partial charge in [-0.05, 0) is 12.8 Å². The van der Waals surface area contributed by atoms with Crippen molar-refractivity contribution in [2.24, 2.45) is 5.73 Å². The molecule has 0 spiro atoms.